The molecule has 0 spiro atoms. The summed E-state index contributed by atoms with van der Waals surface area (Å²) in [5.41, 5.74) is 0.810. The second-order valence-electron chi connectivity index (χ2n) is 4.31. The Bertz CT molecular complexity index is 324. The maximum Gasteiger partial charge on any atom is 0.224 e. The van der Waals surface area contributed by atoms with Crippen molar-refractivity contribution in [2.45, 2.75) is 32.6 Å². The molecule has 3 heteroatoms. The zero-order valence-electron chi connectivity index (χ0n) is 10.4. The fourth-order valence-corrected chi connectivity index (χ4v) is 1.75. The van der Waals surface area contributed by atoms with E-state index in [0.717, 1.165) is 24.9 Å². The van der Waals surface area contributed by atoms with E-state index in [1.54, 1.807) is 0 Å². The summed E-state index contributed by atoms with van der Waals surface area (Å²) in [6.45, 7) is 2.20. The molecule has 0 aliphatic rings. The number of para-hydroxylation sites is 1. The molecule has 0 radical (unpaired) electrons. The first-order valence-corrected chi connectivity index (χ1v) is 6.22. The van der Waals surface area contributed by atoms with Crippen LogP contribution in [0.25, 0.3) is 0 Å². The van der Waals surface area contributed by atoms with Gasteiger partial charge in [0, 0.05) is 18.7 Å². The van der Waals surface area contributed by atoms with Gasteiger partial charge in [-0.25, -0.2) is 0 Å². The van der Waals surface area contributed by atoms with E-state index in [-0.39, 0.29) is 18.4 Å². The quantitative estimate of drug-likeness (QED) is 0.763. The van der Waals surface area contributed by atoms with Gasteiger partial charge < -0.3 is 10.4 Å². The molecule has 1 aromatic carbocycles. The SMILES string of the molecule is CCCCC(CO)CC(=O)Nc1ccccc1. The number of unbranched alkanes of at least 4 members (excludes halogenated alkanes) is 1. The van der Waals surface area contributed by atoms with Crippen LogP contribution in [0.3, 0.4) is 0 Å². The predicted molar refractivity (Wildman–Crippen MR) is 69.8 cm³/mol. The van der Waals surface area contributed by atoms with E-state index in [2.05, 4.69) is 12.2 Å². The third kappa shape index (κ3) is 5.50. The van der Waals surface area contributed by atoms with Crippen LogP contribution in [0.2, 0.25) is 0 Å². The lowest BCUT2D eigenvalue weighted by molar-refractivity contribution is -0.117. The van der Waals surface area contributed by atoms with E-state index in [9.17, 15) is 9.90 Å². The highest BCUT2D eigenvalue weighted by Crippen LogP contribution is 2.14. The summed E-state index contributed by atoms with van der Waals surface area (Å²) < 4.78 is 0. The molecule has 0 aromatic heterocycles. The number of benzene rings is 1. The van der Waals surface area contributed by atoms with E-state index < -0.39 is 0 Å². The Hall–Kier alpha value is -1.35. The number of nitrogens with one attached hydrogen (secondary N) is 1. The van der Waals surface area contributed by atoms with Gasteiger partial charge in [-0.3, -0.25) is 4.79 Å². The van der Waals surface area contributed by atoms with Crippen molar-refractivity contribution in [2.75, 3.05) is 11.9 Å². The van der Waals surface area contributed by atoms with E-state index in [4.69, 9.17) is 0 Å². The summed E-state index contributed by atoms with van der Waals surface area (Å²) in [5, 5.41) is 12.0. The molecule has 1 amide bonds. The van der Waals surface area contributed by atoms with Crippen LogP contribution in [0.5, 0.6) is 0 Å². The molecule has 0 saturated heterocycles. The van der Waals surface area contributed by atoms with Gasteiger partial charge in [0.1, 0.15) is 0 Å². The second kappa shape index (κ2) is 7.85. The lowest BCUT2D eigenvalue weighted by atomic mass is 9.99. The molecule has 0 fully saturated rings. The molecular weight excluding hydrogens is 214 g/mol. The van der Waals surface area contributed by atoms with E-state index >= 15 is 0 Å². The lowest BCUT2D eigenvalue weighted by Crippen LogP contribution is -2.18. The van der Waals surface area contributed by atoms with E-state index in [1.807, 2.05) is 30.3 Å². The molecule has 1 rings (SSSR count). The number of hydrogen-bond donors (Lipinski definition) is 2. The van der Waals surface area contributed by atoms with Gasteiger partial charge in [-0.15, -0.1) is 0 Å². The monoisotopic (exact) mass is 235 g/mol. The van der Waals surface area contributed by atoms with Crippen LogP contribution in [0.1, 0.15) is 32.6 Å². The fraction of sp³-hybridized carbons (Fsp3) is 0.500. The maximum atomic E-state index is 11.7. The molecule has 0 aliphatic heterocycles. The molecule has 0 aliphatic carbocycles. The molecule has 17 heavy (non-hydrogen) atoms. The number of amides is 1. The van der Waals surface area contributed by atoms with Crippen LogP contribution in [0, 0.1) is 5.92 Å². The Balaban J connectivity index is 2.37. The van der Waals surface area contributed by atoms with Crippen molar-refractivity contribution in [1.82, 2.24) is 0 Å². The van der Waals surface area contributed by atoms with Crippen molar-refractivity contribution in [3.8, 4) is 0 Å². The Kier molecular flexibility index (Phi) is 6.33. The smallest absolute Gasteiger partial charge is 0.224 e. The number of rotatable bonds is 7. The Labute approximate surface area is 103 Å². The summed E-state index contributed by atoms with van der Waals surface area (Å²) in [6.07, 6.45) is 3.46. The predicted octanol–water partition coefficient (Wildman–Crippen LogP) is 2.81. The van der Waals surface area contributed by atoms with Crippen molar-refractivity contribution < 1.29 is 9.90 Å². The first kappa shape index (κ1) is 13.7. The zero-order chi connectivity index (χ0) is 12.5. The first-order chi connectivity index (χ1) is 8.26. The van der Waals surface area contributed by atoms with Gasteiger partial charge in [0.25, 0.3) is 0 Å². The minimum Gasteiger partial charge on any atom is -0.396 e. The molecule has 1 unspecified atom stereocenters. The van der Waals surface area contributed by atoms with Gasteiger partial charge in [0.2, 0.25) is 5.91 Å². The van der Waals surface area contributed by atoms with Crippen LogP contribution >= 0.6 is 0 Å². The standard InChI is InChI=1S/C14H21NO2/c1-2-3-7-12(11-16)10-14(17)15-13-8-5-4-6-9-13/h4-6,8-9,12,16H,2-3,7,10-11H2,1H3,(H,15,17). The average Bonchev–Trinajstić information content (AvgIpc) is 2.35. The van der Waals surface area contributed by atoms with Gasteiger partial charge >= 0.3 is 0 Å². The van der Waals surface area contributed by atoms with Gasteiger partial charge in [-0.2, -0.15) is 0 Å². The van der Waals surface area contributed by atoms with Crippen molar-refractivity contribution >= 4 is 11.6 Å². The van der Waals surface area contributed by atoms with E-state index in [1.165, 1.54) is 0 Å². The first-order valence-electron chi connectivity index (χ1n) is 6.22. The molecule has 0 saturated carbocycles. The molecule has 94 valence electrons. The van der Waals surface area contributed by atoms with Crippen molar-refractivity contribution in [2.24, 2.45) is 5.92 Å². The van der Waals surface area contributed by atoms with Gasteiger partial charge in [-0.1, -0.05) is 38.0 Å². The van der Waals surface area contributed by atoms with Gasteiger partial charge in [-0.05, 0) is 24.5 Å². The largest absolute Gasteiger partial charge is 0.396 e. The topological polar surface area (TPSA) is 49.3 Å². The summed E-state index contributed by atoms with van der Waals surface area (Å²) in [7, 11) is 0. The molecule has 1 aromatic rings. The summed E-state index contributed by atoms with van der Waals surface area (Å²) in [5.74, 6) is 0.0602. The second-order valence-corrected chi connectivity index (χ2v) is 4.31. The van der Waals surface area contributed by atoms with Crippen molar-refractivity contribution in [3.63, 3.8) is 0 Å². The highest BCUT2D eigenvalue weighted by Gasteiger charge is 2.12. The Morgan fingerprint density at radius 1 is 1.35 bits per heavy atom. The number of aliphatic hydroxyl groups is 1. The van der Waals surface area contributed by atoms with Gasteiger partial charge in [0.05, 0.1) is 0 Å². The molecular formula is C14H21NO2. The lowest BCUT2D eigenvalue weighted by Gasteiger charge is -2.13. The molecule has 1 atom stereocenters. The van der Waals surface area contributed by atoms with Crippen molar-refractivity contribution in [1.29, 1.82) is 0 Å². The van der Waals surface area contributed by atoms with E-state index in [0.29, 0.717) is 6.42 Å². The zero-order valence-corrected chi connectivity index (χ0v) is 10.4. The van der Waals surface area contributed by atoms with Crippen LogP contribution in [-0.2, 0) is 4.79 Å². The van der Waals surface area contributed by atoms with Crippen molar-refractivity contribution in [3.05, 3.63) is 30.3 Å². The Morgan fingerprint density at radius 3 is 2.65 bits per heavy atom. The molecule has 2 N–H and O–H groups in total. The fourth-order valence-electron chi connectivity index (χ4n) is 1.75. The number of carbonyl (C=O) groups is 1. The van der Waals surface area contributed by atoms with Crippen LogP contribution in [0.15, 0.2) is 30.3 Å². The average molecular weight is 235 g/mol. The normalized spacial score (nSPS) is 12.1. The van der Waals surface area contributed by atoms with Crippen LogP contribution in [-0.4, -0.2) is 17.6 Å². The highest BCUT2D eigenvalue weighted by molar-refractivity contribution is 5.90. The van der Waals surface area contributed by atoms with Crippen LogP contribution < -0.4 is 5.32 Å². The minimum absolute atomic E-state index is 0.0219. The summed E-state index contributed by atoms with van der Waals surface area (Å²) in [6, 6.07) is 9.40. The number of carbonyl (C=O) groups excluding carboxylic acids is 1. The number of aliphatic hydroxyl groups excluding tert-OH is 1. The summed E-state index contributed by atoms with van der Waals surface area (Å²) in [4.78, 5) is 11.7. The Morgan fingerprint density at radius 2 is 2.06 bits per heavy atom. The number of anilines is 1. The molecule has 0 heterocycles. The maximum absolute atomic E-state index is 11.7. The minimum atomic E-state index is -0.0219. The number of hydrogen-bond acceptors (Lipinski definition) is 2. The molecule has 0 bridgehead atoms. The molecule has 3 nitrogen and oxygen atoms in total. The highest BCUT2D eigenvalue weighted by atomic mass is 16.3. The van der Waals surface area contributed by atoms with Crippen LogP contribution in [0.4, 0.5) is 5.69 Å². The third-order valence-electron chi connectivity index (χ3n) is 2.76. The third-order valence-corrected chi connectivity index (χ3v) is 2.76. The summed E-state index contributed by atoms with van der Waals surface area (Å²) >= 11 is 0. The van der Waals surface area contributed by atoms with Gasteiger partial charge in [0.15, 0.2) is 0 Å².